The first-order valence-electron chi connectivity index (χ1n) is 8.61. The lowest BCUT2D eigenvalue weighted by atomic mass is 9.85. The number of nitrogens with one attached hydrogen (secondary N) is 4. The number of para-hydroxylation sites is 2. The summed E-state index contributed by atoms with van der Waals surface area (Å²) >= 11 is 0. The molecule has 1 unspecified atom stereocenters. The number of quaternary nitrogens is 1. The highest BCUT2D eigenvalue weighted by atomic mass is 16.4. The maximum absolute atomic E-state index is 5.70. The summed E-state index contributed by atoms with van der Waals surface area (Å²) in [6, 6.07) is 9.08. The molecule has 2 aromatic rings. The molecule has 122 valence electrons. The van der Waals surface area contributed by atoms with Crippen LogP contribution in [-0.2, 0) is 0 Å². The van der Waals surface area contributed by atoms with Crippen molar-refractivity contribution in [3.05, 3.63) is 24.3 Å². The Morgan fingerprint density at radius 3 is 2.96 bits per heavy atom. The summed E-state index contributed by atoms with van der Waals surface area (Å²) in [5, 5.41) is 6.65. The molecule has 4 rings (SSSR count). The number of benzene rings is 1. The van der Waals surface area contributed by atoms with Crippen LogP contribution in [0.25, 0.3) is 11.1 Å². The molecule has 0 saturated heterocycles. The Hall–Kier alpha value is -2.08. The summed E-state index contributed by atoms with van der Waals surface area (Å²) in [4.78, 5) is 9.48. The number of fused-ring (bicyclic) bond motifs is 1. The summed E-state index contributed by atoms with van der Waals surface area (Å²) in [5.74, 6) is 1.69. The number of rotatable bonds is 2. The fourth-order valence-electron chi connectivity index (χ4n) is 3.83. The number of guanidine groups is 1. The quantitative estimate of drug-likeness (QED) is 0.612. The van der Waals surface area contributed by atoms with Gasteiger partial charge < -0.3 is 4.42 Å². The van der Waals surface area contributed by atoms with Gasteiger partial charge in [0.1, 0.15) is 5.52 Å². The van der Waals surface area contributed by atoms with Gasteiger partial charge in [0.2, 0.25) is 0 Å². The van der Waals surface area contributed by atoms with Crippen molar-refractivity contribution in [1.82, 2.24) is 10.3 Å². The second kappa shape index (κ2) is 6.20. The van der Waals surface area contributed by atoms with Crippen LogP contribution in [-0.4, -0.2) is 30.3 Å². The molecule has 1 saturated carbocycles. The van der Waals surface area contributed by atoms with Gasteiger partial charge >= 0.3 is 12.0 Å². The van der Waals surface area contributed by atoms with Crippen LogP contribution in [0.3, 0.4) is 0 Å². The lowest BCUT2D eigenvalue weighted by Gasteiger charge is -2.34. The Kier molecular flexibility index (Phi) is 3.91. The van der Waals surface area contributed by atoms with Gasteiger partial charge in [-0.25, -0.2) is 10.3 Å². The van der Waals surface area contributed by atoms with Gasteiger partial charge in [-0.3, -0.25) is 4.90 Å². The monoisotopic (exact) mass is 315 g/mol. The normalized spacial score (nSPS) is 28.2. The lowest BCUT2D eigenvalue weighted by Crippen LogP contribution is -3.27. The van der Waals surface area contributed by atoms with Gasteiger partial charge in [-0.05, 0) is 31.4 Å². The van der Waals surface area contributed by atoms with Gasteiger partial charge in [-0.2, -0.15) is 10.3 Å². The van der Waals surface area contributed by atoms with Crippen LogP contribution in [0.2, 0.25) is 0 Å². The molecule has 6 heteroatoms. The van der Waals surface area contributed by atoms with E-state index in [1.807, 2.05) is 24.3 Å². The fourth-order valence-corrected chi connectivity index (χ4v) is 3.83. The Morgan fingerprint density at radius 2 is 2.17 bits per heavy atom. The van der Waals surface area contributed by atoms with Crippen LogP contribution in [0.1, 0.15) is 32.6 Å². The predicted molar refractivity (Wildman–Crippen MR) is 88.9 cm³/mol. The van der Waals surface area contributed by atoms with E-state index < -0.39 is 0 Å². The minimum absolute atomic E-state index is 0.524. The zero-order valence-corrected chi connectivity index (χ0v) is 13.6. The Balaban J connectivity index is 1.41. The molecule has 4 N–H and O–H groups in total. The Labute approximate surface area is 136 Å². The maximum atomic E-state index is 5.70. The van der Waals surface area contributed by atoms with Gasteiger partial charge in [0.05, 0.1) is 6.04 Å². The number of anilines is 1. The Bertz CT molecular complexity index is 677. The van der Waals surface area contributed by atoms with E-state index in [1.165, 1.54) is 25.7 Å². The second-order valence-electron chi connectivity index (χ2n) is 6.72. The highest BCUT2D eigenvalue weighted by molar-refractivity contribution is 5.88. The minimum atomic E-state index is 0.524. The number of aromatic nitrogens is 1. The predicted octanol–water partition coefficient (Wildman–Crippen LogP) is -0.342. The molecular weight excluding hydrogens is 290 g/mol. The first-order chi connectivity index (χ1) is 11.3. The zero-order valence-electron chi connectivity index (χ0n) is 13.6. The molecule has 2 heterocycles. The van der Waals surface area contributed by atoms with E-state index in [4.69, 9.17) is 4.42 Å². The van der Waals surface area contributed by atoms with Crippen LogP contribution in [0.4, 0.5) is 6.01 Å². The molecule has 0 radical (unpaired) electrons. The molecule has 0 bridgehead atoms. The molecule has 3 atom stereocenters. The summed E-state index contributed by atoms with van der Waals surface area (Å²) < 4.78 is 5.70. The first-order valence-corrected chi connectivity index (χ1v) is 8.61. The van der Waals surface area contributed by atoms with E-state index in [9.17, 15) is 0 Å². The van der Waals surface area contributed by atoms with E-state index in [0.29, 0.717) is 6.01 Å². The number of nitrogens with zero attached hydrogens (tertiary/aromatic N) is 1. The Morgan fingerprint density at radius 1 is 1.30 bits per heavy atom. The topological polar surface area (TPSA) is 68.5 Å². The molecule has 23 heavy (non-hydrogen) atoms. The maximum Gasteiger partial charge on any atom is 0.365 e. The SMILES string of the molecule is C[C@@H]1CCCC[C@H]1[NH+]1CNC(Nc2nc3ccccc3o2)=[NH+]C1. The number of hydrogen-bond acceptors (Lipinski definition) is 4. The summed E-state index contributed by atoms with van der Waals surface area (Å²) in [7, 11) is 0. The average molecular weight is 315 g/mol. The van der Waals surface area contributed by atoms with Crippen molar-refractivity contribution < 1.29 is 14.3 Å². The third-order valence-corrected chi connectivity index (χ3v) is 5.15. The third-order valence-electron chi connectivity index (χ3n) is 5.15. The number of hydrogen-bond donors (Lipinski definition) is 4. The van der Waals surface area contributed by atoms with Gasteiger partial charge in [0.25, 0.3) is 0 Å². The van der Waals surface area contributed by atoms with E-state index in [0.717, 1.165) is 42.4 Å². The van der Waals surface area contributed by atoms with E-state index in [-0.39, 0.29) is 0 Å². The summed E-state index contributed by atoms with van der Waals surface area (Å²) in [5.41, 5.74) is 1.67. The van der Waals surface area contributed by atoms with Crippen molar-refractivity contribution >= 4 is 23.1 Å². The van der Waals surface area contributed by atoms with E-state index in [2.05, 4.69) is 27.5 Å². The number of oxazole rings is 1. The lowest BCUT2D eigenvalue weighted by molar-refractivity contribution is -1.00. The molecular formula is C17H25N5O+2. The van der Waals surface area contributed by atoms with Gasteiger partial charge in [0, 0.05) is 5.92 Å². The molecule has 1 fully saturated rings. The van der Waals surface area contributed by atoms with Crippen LogP contribution < -0.4 is 20.5 Å². The van der Waals surface area contributed by atoms with Crippen molar-refractivity contribution in [1.29, 1.82) is 0 Å². The van der Waals surface area contributed by atoms with Crippen molar-refractivity contribution in [3.8, 4) is 0 Å². The zero-order chi connectivity index (χ0) is 15.6. The molecule has 1 aromatic heterocycles. The molecule has 0 amide bonds. The van der Waals surface area contributed by atoms with Crippen LogP contribution in [0.5, 0.6) is 0 Å². The van der Waals surface area contributed by atoms with Crippen LogP contribution >= 0.6 is 0 Å². The standard InChI is InChI=1S/C17H23N5O/c1-12-6-2-4-8-14(12)22-10-18-16(19-11-22)21-17-20-13-7-3-5-9-15(13)23-17/h3,5,7,9,12,14H,2,4,6,8,10-11H2,1H3,(H2,18,19,20,21)/p+2/t12-,14-/m1/s1. The smallest absolute Gasteiger partial charge is 0.365 e. The fraction of sp³-hybridized carbons (Fsp3) is 0.529. The van der Waals surface area contributed by atoms with Gasteiger partial charge in [-0.15, -0.1) is 0 Å². The van der Waals surface area contributed by atoms with Crippen molar-refractivity contribution in [3.63, 3.8) is 0 Å². The molecule has 1 aromatic carbocycles. The molecule has 2 aliphatic rings. The van der Waals surface area contributed by atoms with E-state index >= 15 is 0 Å². The first kappa shape index (κ1) is 14.5. The van der Waals surface area contributed by atoms with Crippen molar-refractivity contribution in [2.45, 2.75) is 38.6 Å². The van der Waals surface area contributed by atoms with Crippen molar-refractivity contribution in [2.24, 2.45) is 5.92 Å². The molecule has 6 nitrogen and oxygen atoms in total. The highest BCUT2D eigenvalue weighted by Crippen LogP contribution is 2.21. The van der Waals surface area contributed by atoms with Gasteiger partial charge in [0.15, 0.2) is 18.9 Å². The largest absolute Gasteiger partial charge is 0.412 e. The average Bonchev–Trinajstić information content (AvgIpc) is 2.98. The molecule has 0 spiro atoms. The molecule has 1 aliphatic heterocycles. The van der Waals surface area contributed by atoms with E-state index in [1.54, 1.807) is 4.90 Å². The van der Waals surface area contributed by atoms with Crippen LogP contribution in [0.15, 0.2) is 28.7 Å². The van der Waals surface area contributed by atoms with Gasteiger partial charge in [-0.1, -0.05) is 25.5 Å². The third kappa shape index (κ3) is 3.03. The summed E-state index contributed by atoms with van der Waals surface area (Å²) in [6.07, 6.45) is 5.47. The summed E-state index contributed by atoms with van der Waals surface area (Å²) in [6.45, 7) is 4.27. The highest BCUT2D eigenvalue weighted by Gasteiger charge is 2.33. The van der Waals surface area contributed by atoms with Crippen LogP contribution in [0, 0.1) is 5.92 Å². The second-order valence-corrected chi connectivity index (χ2v) is 6.72. The molecule has 1 aliphatic carbocycles. The minimum Gasteiger partial charge on any atom is -0.412 e. The van der Waals surface area contributed by atoms with Crippen molar-refractivity contribution in [2.75, 3.05) is 18.7 Å².